The highest BCUT2D eigenvalue weighted by atomic mass is 35.5. The SMILES string of the molecule is O=C(NCCCCc1ccccc1)C(=O)NCCc1ccc(Cl)cc1. The molecule has 0 radical (unpaired) electrons. The van der Waals surface area contributed by atoms with Crippen LogP contribution in [0.1, 0.15) is 24.0 Å². The minimum absolute atomic E-state index is 0.419. The number of amides is 2. The molecule has 0 atom stereocenters. The largest absolute Gasteiger partial charge is 0.348 e. The van der Waals surface area contributed by atoms with E-state index in [1.165, 1.54) is 5.56 Å². The van der Waals surface area contributed by atoms with Crippen molar-refractivity contribution < 1.29 is 9.59 Å². The van der Waals surface area contributed by atoms with E-state index in [4.69, 9.17) is 11.6 Å². The number of carbonyl (C=O) groups excluding carboxylic acids is 2. The van der Waals surface area contributed by atoms with Crippen LogP contribution in [0.15, 0.2) is 54.6 Å². The highest BCUT2D eigenvalue weighted by Gasteiger charge is 2.11. The van der Waals surface area contributed by atoms with Gasteiger partial charge in [0, 0.05) is 18.1 Å². The molecule has 0 aliphatic carbocycles. The second kappa shape index (κ2) is 10.5. The van der Waals surface area contributed by atoms with Crippen molar-refractivity contribution in [2.45, 2.75) is 25.7 Å². The first-order valence-corrected chi connectivity index (χ1v) is 8.87. The van der Waals surface area contributed by atoms with Crippen LogP contribution in [0.2, 0.25) is 5.02 Å². The number of rotatable bonds is 8. The number of aryl methyl sites for hydroxylation is 1. The molecule has 2 aromatic carbocycles. The Kier molecular flexibility index (Phi) is 7.99. The fourth-order valence-electron chi connectivity index (χ4n) is 2.43. The van der Waals surface area contributed by atoms with Gasteiger partial charge in [0.25, 0.3) is 0 Å². The van der Waals surface area contributed by atoms with Crippen molar-refractivity contribution in [3.8, 4) is 0 Å². The molecular weight excluding hydrogens is 336 g/mol. The van der Waals surface area contributed by atoms with E-state index in [1.54, 1.807) is 12.1 Å². The van der Waals surface area contributed by atoms with Gasteiger partial charge in [-0.3, -0.25) is 9.59 Å². The Bertz CT molecular complexity index is 672. The smallest absolute Gasteiger partial charge is 0.309 e. The minimum Gasteiger partial charge on any atom is -0.348 e. The Morgan fingerprint density at radius 3 is 2.00 bits per heavy atom. The molecule has 0 bridgehead atoms. The highest BCUT2D eigenvalue weighted by molar-refractivity contribution is 6.35. The van der Waals surface area contributed by atoms with Crippen molar-refractivity contribution in [3.05, 3.63) is 70.7 Å². The normalized spacial score (nSPS) is 10.3. The maximum atomic E-state index is 11.7. The number of nitrogens with one attached hydrogen (secondary N) is 2. The summed E-state index contributed by atoms with van der Waals surface area (Å²) in [5, 5.41) is 5.96. The van der Waals surface area contributed by atoms with Crippen molar-refractivity contribution in [1.29, 1.82) is 0 Å². The molecule has 2 aromatic rings. The third kappa shape index (κ3) is 7.40. The molecule has 0 fully saturated rings. The minimum atomic E-state index is -0.586. The number of hydrogen-bond donors (Lipinski definition) is 2. The summed E-state index contributed by atoms with van der Waals surface area (Å²) in [6.07, 6.45) is 3.46. The zero-order valence-electron chi connectivity index (χ0n) is 14.1. The van der Waals surface area contributed by atoms with Crippen molar-refractivity contribution in [2.75, 3.05) is 13.1 Å². The molecule has 132 valence electrons. The summed E-state index contributed by atoms with van der Waals surface area (Å²) in [5.74, 6) is -1.16. The Labute approximate surface area is 153 Å². The first kappa shape index (κ1) is 19.0. The van der Waals surface area contributed by atoms with Crippen molar-refractivity contribution >= 4 is 23.4 Å². The lowest BCUT2D eigenvalue weighted by Gasteiger charge is -2.07. The van der Waals surface area contributed by atoms with Crippen LogP contribution in [-0.4, -0.2) is 24.9 Å². The third-order valence-electron chi connectivity index (χ3n) is 3.84. The predicted molar refractivity (Wildman–Crippen MR) is 101 cm³/mol. The molecule has 0 saturated heterocycles. The zero-order valence-corrected chi connectivity index (χ0v) is 14.9. The Morgan fingerprint density at radius 1 is 0.720 bits per heavy atom. The van der Waals surface area contributed by atoms with Crippen LogP contribution in [0.4, 0.5) is 0 Å². The van der Waals surface area contributed by atoms with Gasteiger partial charge in [-0.2, -0.15) is 0 Å². The fraction of sp³-hybridized carbons (Fsp3) is 0.300. The summed E-state index contributed by atoms with van der Waals surface area (Å²) >= 11 is 5.82. The molecule has 0 spiro atoms. The molecule has 2 rings (SSSR count). The number of carbonyl (C=O) groups is 2. The molecule has 0 aliphatic rings. The van der Waals surface area contributed by atoms with Crippen LogP contribution < -0.4 is 10.6 Å². The summed E-state index contributed by atoms with van der Waals surface area (Å²) < 4.78 is 0. The van der Waals surface area contributed by atoms with Gasteiger partial charge in [0.1, 0.15) is 0 Å². The molecule has 0 aromatic heterocycles. The summed E-state index contributed by atoms with van der Waals surface area (Å²) in [6.45, 7) is 0.929. The third-order valence-corrected chi connectivity index (χ3v) is 4.09. The van der Waals surface area contributed by atoms with Crippen LogP contribution >= 0.6 is 11.6 Å². The molecule has 0 aliphatic heterocycles. The van der Waals surface area contributed by atoms with Crippen LogP contribution in [0, 0.1) is 0 Å². The average molecular weight is 359 g/mol. The highest BCUT2D eigenvalue weighted by Crippen LogP contribution is 2.09. The van der Waals surface area contributed by atoms with E-state index in [1.807, 2.05) is 30.3 Å². The molecule has 2 N–H and O–H groups in total. The topological polar surface area (TPSA) is 58.2 Å². The Hall–Kier alpha value is -2.33. The summed E-state index contributed by atoms with van der Waals surface area (Å²) in [7, 11) is 0. The van der Waals surface area contributed by atoms with Gasteiger partial charge < -0.3 is 10.6 Å². The molecule has 0 unspecified atom stereocenters. The summed E-state index contributed by atoms with van der Waals surface area (Å²) in [4.78, 5) is 23.5. The lowest BCUT2D eigenvalue weighted by molar-refractivity contribution is -0.139. The van der Waals surface area contributed by atoms with Gasteiger partial charge in [0.05, 0.1) is 0 Å². The first-order valence-electron chi connectivity index (χ1n) is 8.49. The van der Waals surface area contributed by atoms with E-state index in [0.717, 1.165) is 24.8 Å². The lowest BCUT2D eigenvalue weighted by Crippen LogP contribution is -2.41. The maximum Gasteiger partial charge on any atom is 0.309 e. The molecule has 5 heteroatoms. The quantitative estimate of drug-likeness (QED) is 0.562. The predicted octanol–water partition coefficient (Wildman–Crippen LogP) is 3.14. The van der Waals surface area contributed by atoms with Gasteiger partial charge >= 0.3 is 11.8 Å². The number of benzene rings is 2. The Morgan fingerprint density at radius 2 is 1.32 bits per heavy atom. The maximum absolute atomic E-state index is 11.7. The van der Waals surface area contributed by atoms with Crippen LogP contribution in [0.25, 0.3) is 0 Å². The van der Waals surface area contributed by atoms with Gasteiger partial charge in [-0.05, 0) is 48.9 Å². The van der Waals surface area contributed by atoms with Crippen LogP contribution in [0.5, 0.6) is 0 Å². The van der Waals surface area contributed by atoms with Crippen molar-refractivity contribution in [2.24, 2.45) is 0 Å². The van der Waals surface area contributed by atoms with E-state index in [9.17, 15) is 9.59 Å². The van der Waals surface area contributed by atoms with Crippen molar-refractivity contribution in [3.63, 3.8) is 0 Å². The monoisotopic (exact) mass is 358 g/mol. The molecule has 0 saturated carbocycles. The lowest BCUT2D eigenvalue weighted by atomic mass is 10.1. The summed E-state index contributed by atoms with van der Waals surface area (Å²) in [6, 6.07) is 17.6. The molecule has 25 heavy (non-hydrogen) atoms. The molecule has 4 nitrogen and oxygen atoms in total. The van der Waals surface area contributed by atoms with E-state index >= 15 is 0 Å². The first-order chi connectivity index (χ1) is 12.1. The van der Waals surface area contributed by atoms with Crippen LogP contribution in [-0.2, 0) is 22.4 Å². The summed E-state index contributed by atoms with van der Waals surface area (Å²) in [5.41, 5.74) is 2.35. The number of hydrogen-bond acceptors (Lipinski definition) is 2. The second-order valence-corrected chi connectivity index (χ2v) is 6.27. The van der Waals surface area contributed by atoms with E-state index in [0.29, 0.717) is 24.5 Å². The van der Waals surface area contributed by atoms with E-state index in [-0.39, 0.29) is 0 Å². The van der Waals surface area contributed by atoms with E-state index in [2.05, 4.69) is 22.8 Å². The number of halogens is 1. The second-order valence-electron chi connectivity index (χ2n) is 5.83. The van der Waals surface area contributed by atoms with Gasteiger partial charge in [-0.25, -0.2) is 0 Å². The number of unbranched alkanes of at least 4 members (excludes halogenated alkanes) is 1. The molecular formula is C20H23ClN2O2. The van der Waals surface area contributed by atoms with E-state index < -0.39 is 11.8 Å². The van der Waals surface area contributed by atoms with Gasteiger partial charge in [0.15, 0.2) is 0 Å². The standard InChI is InChI=1S/C20H23ClN2O2/c21-18-11-9-17(10-12-18)13-15-23-20(25)19(24)22-14-5-4-8-16-6-2-1-3-7-16/h1-3,6-7,9-12H,4-5,8,13-15H2,(H,22,24)(H,23,25). The van der Waals surface area contributed by atoms with Gasteiger partial charge in [0.2, 0.25) is 0 Å². The average Bonchev–Trinajstić information content (AvgIpc) is 2.63. The van der Waals surface area contributed by atoms with Crippen molar-refractivity contribution in [1.82, 2.24) is 10.6 Å². The molecule has 0 heterocycles. The van der Waals surface area contributed by atoms with Gasteiger partial charge in [-0.15, -0.1) is 0 Å². The molecule has 2 amide bonds. The van der Waals surface area contributed by atoms with Crippen LogP contribution in [0.3, 0.4) is 0 Å². The van der Waals surface area contributed by atoms with Gasteiger partial charge in [-0.1, -0.05) is 54.1 Å². The Balaban J connectivity index is 1.55. The zero-order chi connectivity index (χ0) is 17.9. The fourth-order valence-corrected chi connectivity index (χ4v) is 2.56.